The molecule has 0 N–H and O–H groups in total. The van der Waals surface area contributed by atoms with Crippen LogP contribution in [0.25, 0.3) is 0 Å². The highest BCUT2D eigenvalue weighted by atomic mass is 16.6. The number of ether oxygens (including phenoxy) is 1. The van der Waals surface area contributed by atoms with Crippen molar-refractivity contribution in [1.82, 2.24) is 0 Å². The maximum Gasteiger partial charge on any atom is 0.270 e. The number of nitrogens with zero attached hydrogens (tertiary/aromatic N) is 1. The third-order valence-corrected chi connectivity index (χ3v) is 2.11. The molecule has 0 bridgehead atoms. The summed E-state index contributed by atoms with van der Waals surface area (Å²) in [4.78, 5) is 10.2. The number of benzene rings is 1. The maximum atomic E-state index is 10.6. The summed E-state index contributed by atoms with van der Waals surface area (Å²) < 4.78 is 5.53. The van der Waals surface area contributed by atoms with E-state index in [1.54, 1.807) is 0 Å². The molecule has 0 aliphatic heterocycles. The van der Waals surface area contributed by atoms with E-state index in [1.807, 2.05) is 20.8 Å². The van der Waals surface area contributed by atoms with Crippen LogP contribution in [0.1, 0.15) is 24.5 Å². The van der Waals surface area contributed by atoms with Gasteiger partial charge in [-0.15, -0.1) is 0 Å². The van der Waals surface area contributed by atoms with E-state index < -0.39 is 0 Å². The monoisotopic (exact) mass is 209 g/mol. The molecule has 0 saturated heterocycles. The van der Waals surface area contributed by atoms with Gasteiger partial charge in [-0.1, -0.05) is 6.92 Å². The molecule has 0 spiro atoms. The van der Waals surface area contributed by atoms with Gasteiger partial charge in [-0.2, -0.15) is 0 Å². The first-order valence-corrected chi connectivity index (χ1v) is 4.94. The van der Waals surface area contributed by atoms with Gasteiger partial charge in [0.15, 0.2) is 0 Å². The topological polar surface area (TPSA) is 52.4 Å². The summed E-state index contributed by atoms with van der Waals surface area (Å²) in [6, 6.07) is 3.08. The molecule has 0 amide bonds. The molecule has 0 heterocycles. The van der Waals surface area contributed by atoms with Gasteiger partial charge < -0.3 is 4.74 Å². The van der Waals surface area contributed by atoms with Gasteiger partial charge in [0.1, 0.15) is 5.75 Å². The quantitative estimate of drug-likeness (QED) is 0.565. The summed E-state index contributed by atoms with van der Waals surface area (Å²) in [6.45, 7) is 6.31. The van der Waals surface area contributed by atoms with Crippen molar-refractivity contribution in [3.8, 4) is 5.75 Å². The fourth-order valence-corrected chi connectivity index (χ4v) is 1.46. The predicted molar refractivity (Wildman–Crippen MR) is 58.4 cm³/mol. The molecule has 4 nitrogen and oxygen atoms in total. The number of rotatable bonds is 4. The Kier molecular flexibility index (Phi) is 3.66. The van der Waals surface area contributed by atoms with Crippen LogP contribution < -0.4 is 4.74 Å². The van der Waals surface area contributed by atoms with E-state index in [4.69, 9.17) is 4.74 Å². The molecule has 1 aromatic carbocycles. The third kappa shape index (κ3) is 2.68. The van der Waals surface area contributed by atoms with E-state index in [0.717, 1.165) is 23.3 Å². The van der Waals surface area contributed by atoms with Crippen LogP contribution in [-0.4, -0.2) is 11.5 Å². The summed E-state index contributed by atoms with van der Waals surface area (Å²) in [6.07, 6.45) is 0.926. The van der Waals surface area contributed by atoms with Gasteiger partial charge in [-0.05, 0) is 31.4 Å². The number of nitro groups is 1. The zero-order chi connectivity index (χ0) is 11.4. The lowest BCUT2D eigenvalue weighted by atomic mass is 10.1. The minimum Gasteiger partial charge on any atom is -0.493 e. The first kappa shape index (κ1) is 11.5. The third-order valence-electron chi connectivity index (χ3n) is 2.11. The van der Waals surface area contributed by atoms with E-state index in [0.29, 0.717) is 6.61 Å². The van der Waals surface area contributed by atoms with E-state index >= 15 is 0 Å². The minimum atomic E-state index is -0.385. The zero-order valence-corrected chi connectivity index (χ0v) is 9.24. The normalized spacial score (nSPS) is 10.1. The van der Waals surface area contributed by atoms with Crippen molar-refractivity contribution in [2.24, 2.45) is 0 Å². The number of aryl methyl sites for hydroxylation is 2. The maximum absolute atomic E-state index is 10.6. The summed E-state index contributed by atoms with van der Waals surface area (Å²) in [5, 5.41) is 10.6. The highest BCUT2D eigenvalue weighted by molar-refractivity contribution is 5.48. The van der Waals surface area contributed by atoms with Crippen molar-refractivity contribution in [2.45, 2.75) is 27.2 Å². The molecule has 0 aliphatic carbocycles. The van der Waals surface area contributed by atoms with E-state index in [-0.39, 0.29) is 10.6 Å². The number of non-ortho nitro benzene ring substituents is 1. The van der Waals surface area contributed by atoms with Crippen molar-refractivity contribution in [1.29, 1.82) is 0 Å². The molecule has 82 valence electrons. The molecular formula is C11H15NO3. The van der Waals surface area contributed by atoms with Crippen molar-refractivity contribution >= 4 is 5.69 Å². The second kappa shape index (κ2) is 4.77. The number of nitro benzene ring substituents is 1. The van der Waals surface area contributed by atoms with Crippen LogP contribution in [-0.2, 0) is 0 Å². The molecule has 0 aliphatic rings. The molecule has 0 radical (unpaired) electrons. The van der Waals surface area contributed by atoms with Crippen LogP contribution in [0.15, 0.2) is 12.1 Å². The van der Waals surface area contributed by atoms with E-state index in [9.17, 15) is 10.1 Å². The molecule has 1 aromatic rings. The SMILES string of the molecule is CCCOc1c(C)cc([N+](=O)[O-])cc1C. The van der Waals surface area contributed by atoms with Crippen molar-refractivity contribution in [3.63, 3.8) is 0 Å². The van der Waals surface area contributed by atoms with Crippen LogP contribution in [0.5, 0.6) is 5.75 Å². The molecule has 15 heavy (non-hydrogen) atoms. The van der Waals surface area contributed by atoms with Crippen LogP contribution >= 0.6 is 0 Å². The molecule has 4 heteroatoms. The lowest BCUT2D eigenvalue weighted by Crippen LogP contribution is -2.00. The fourth-order valence-electron chi connectivity index (χ4n) is 1.46. The Morgan fingerprint density at radius 3 is 2.27 bits per heavy atom. The van der Waals surface area contributed by atoms with E-state index in [2.05, 4.69) is 0 Å². The highest BCUT2D eigenvalue weighted by Crippen LogP contribution is 2.28. The van der Waals surface area contributed by atoms with Gasteiger partial charge >= 0.3 is 0 Å². The van der Waals surface area contributed by atoms with Crippen LogP contribution in [0.3, 0.4) is 0 Å². The second-order valence-corrected chi connectivity index (χ2v) is 3.51. The van der Waals surface area contributed by atoms with Crippen LogP contribution in [0, 0.1) is 24.0 Å². The second-order valence-electron chi connectivity index (χ2n) is 3.51. The fraction of sp³-hybridized carbons (Fsp3) is 0.455. The Labute approximate surface area is 89.0 Å². The summed E-state index contributed by atoms with van der Waals surface area (Å²) in [5.74, 6) is 0.766. The summed E-state index contributed by atoms with van der Waals surface area (Å²) in [7, 11) is 0. The molecular weight excluding hydrogens is 194 g/mol. The standard InChI is InChI=1S/C11H15NO3/c1-4-5-15-11-8(2)6-10(12(13)14)7-9(11)3/h6-7H,4-5H2,1-3H3. The molecule has 0 aromatic heterocycles. The summed E-state index contributed by atoms with van der Waals surface area (Å²) >= 11 is 0. The predicted octanol–water partition coefficient (Wildman–Crippen LogP) is 3.00. The van der Waals surface area contributed by atoms with Crippen molar-refractivity contribution in [3.05, 3.63) is 33.4 Å². The molecule has 1 rings (SSSR count). The Morgan fingerprint density at radius 2 is 1.87 bits per heavy atom. The number of hydrogen-bond acceptors (Lipinski definition) is 3. The van der Waals surface area contributed by atoms with Crippen molar-refractivity contribution < 1.29 is 9.66 Å². The molecule has 0 saturated carbocycles. The summed E-state index contributed by atoms with van der Waals surface area (Å²) in [5.41, 5.74) is 1.75. The van der Waals surface area contributed by atoms with Crippen LogP contribution in [0.4, 0.5) is 5.69 Å². The first-order valence-electron chi connectivity index (χ1n) is 4.94. The Balaban J connectivity index is 3.04. The van der Waals surface area contributed by atoms with Gasteiger partial charge in [0, 0.05) is 12.1 Å². The Hall–Kier alpha value is -1.58. The van der Waals surface area contributed by atoms with Gasteiger partial charge in [-0.25, -0.2) is 0 Å². The lowest BCUT2D eigenvalue weighted by Gasteiger charge is -2.10. The Bertz CT molecular complexity index is 351. The molecule has 0 atom stereocenters. The van der Waals surface area contributed by atoms with Gasteiger partial charge in [0.25, 0.3) is 5.69 Å². The van der Waals surface area contributed by atoms with E-state index in [1.165, 1.54) is 12.1 Å². The molecule has 0 unspecified atom stereocenters. The lowest BCUT2D eigenvalue weighted by molar-refractivity contribution is -0.385. The average Bonchev–Trinajstić information content (AvgIpc) is 2.16. The molecule has 0 fully saturated rings. The largest absolute Gasteiger partial charge is 0.493 e. The zero-order valence-electron chi connectivity index (χ0n) is 9.24. The van der Waals surface area contributed by atoms with Gasteiger partial charge in [0.05, 0.1) is 11.5 Å². The van der Waals surface area contributed by atoms with Crippen LogP contribution in [0.2, 0.25) is 0 Å². The Morgan fingerprint density at radius 1 is 1.33 bits per heavy atom. The highest BCUT2D eigenvalue weighted by Gasteiger charge is 2.12. The minimum absolute atomic E-state index is 0.119. The average molecular weight is 209 g/mol. The number of hydrogen-bond donors (Lipinski definition) is 0. The smallest absolute Gasteiger partial charge is 0.270 e. The first-order chi connectivity index (χ1) is 7.06. The van der Waals surface area contributed by atoms with Gasteiger partial charge in [0.2, 0.25) is 0 Å². The van der Waals surface area contributed by atoms with Gasteiger partial charge in [-0.3, -0.25) is 10.1 Å². The van der Waals surface area contributed by atoms with Crippen molar-refractivity contribution in [2.75, 3.05) is 6.61 Å².